The van der Waals surface area contributed by atoms with Crippen molar-refractivity contribution in [2.45, 2.75) is 105 Å². The summed E-state index contributed by atoms with van der Waals surface area (Å²) in [5, 5.41) is 11.5. The van der Waals surface area contributed by atoms with Gasteiger partial charge >= 0.3 is 0 Å². The summed E-state index contributed by atoms with van der Waals surface area (Å²) in [7, 11) is 0. The topological polar surface area (TPSA) is 36.0 Å². The molecule has 0 bridgehead atoms. The zero-order valence-corrected chi connectivity index (χ0v) is 23.0. The van der Waals surface area contributed by atoms with E-state index in [1.54, 1.807) is 0 Å². The fourth-order valence-electron chi connectivity index (χ4n) is 10.5. The molecule has 2 heteroatoms. The van der Waals surface area contributed by atoms with Crippen LogP contribution >= 0.6 is 0 Å². The highest BCUT2D eigenvalue weighted by atomic mass is 16.3. The summed E-state index contributed by atoms with van der Waals surface area (Å²) in [5.74, 6) is 6.66. The molecule has 1 heterocycles. The first-order chi connectivity index (χ1) is 16.7. The molecule has 192 valence electrons. The molecule has 2 aromatic rings. The number of hydrogen-bond acceptors (Lipinski definition) is 1. The van der Waals surface area contributed by atoms with E-state index in [-0.39, 0.29) is 0 Å². The van der Waals surface area contributed by atoms with Crippen LogP contribution in [0.3, 0.4) is 0 Å². The minimum absolute atomic E-state index is 0.404. The normalized spacial score (nSPS) is 39.2. The molecule has 1 aromatic heterocycles. The van der Waals surface area contributed by atoms with Gasteiger partial charge in [0.2, 0.25) is 0 Å². The van der Waals surface area contributed by atoms with Gasteiger partial charge in [-0.25, -0.2) is 0 Å². The second-order valence-corrected chi connectivity index (χ2v) is 14.4. The van der Waals surface area contributed by atoms with E-state index in [1.807, 2.05) is 12.1 Å². The second-order valence-electron chi connectivity index (χ2n) is 14.4. The third-order valence-corrected chi connectivity index (χ3v) is 12.3. The van der Waals surface area contributed by atoms with Gasteiger partial charge in [0.05, 0.1) is 0 Å². The van der Waals surface area contributed by atoms with Crippen molar-refractivity contribution in [2.24, 2.45) is 52.3 Å². The number of rotatable bonds is 5. The maximum absolute atomic E-state index is 10.2. The molecule has 3 fully saturated rings. The summed E-state index contributed by atoms with van der Waals surface area (Å²) in [6, 6.07) is 5.91. The first-order valence-electron chi connectivity index (χ1n) is 15.0. The van der Waals surface area contributed by atoms with Gasteiger partial charge in [-0.3, -0.25) is 0 Å². The van der Waals surface area contributed by atoms with Crippen LogP contribution in [0.1, 0.15) is 104 Å². The lowest BCUT2D eigenvalue weighted by atomic mass is 9.44. The van der Waals surface area contributed by atoms with Crippen molar-refractivity contribution in [2.75, 3.05) is 0 Å². The fraction of sp³-hybridized carbons (Fsp3) is 0.758. The van der Waals surface area contributed by atoms with Crippen LogP contribution in [0, 0.1) is 52.3 Å². The highest BCUT2D eigenvalue weighted by Gasteiger charge is 2.60. The smallest absolute Gasteiger partial charge is 0.116 e. The first kappa shape index (κ1) is 23.9. The second kappa shape index (κ2) is 8.56. The standard InChI is InChI=1S/C33H49NO/c1-20(2)7-6-8-21(3)27-12-13-28-24-11-9-22-17-31-26(25-18-23(35)10-14-30(25)34-31)19-33(22,5)29(24)15-16-32(27,28)4/h10,14,18,20-22,24,27-29,34-35H,6-9,11-13,15-17,19H2,1-5H3/t21-,22+,24-,27-,28+,29-,32-,33-/m0/s1. The minimum Gasteiger partial charge on any atom is -0.508 e. The Bertz CT molecular complexity index is 1080. The van der Waals surface area contributed by atoms with Crippen molar-refractivity contribution in [1.82, 2.24) is 4.98 Å². The van der Waals surface area contributed by atoms with Crippen LogP contribution in [0.15, 0.2) is 18.2 Å². The summed E-state index contributed by atoms with van der Waals surface area (Å²) in [5.41, 5.74) is 5.19. The van der Waals surface area contributed by atoms with Gasteiger partial charge in [-0.05, 0) is 127 Å². The Morgan fingerprint density at radius 3 is 2.57 bits per heavy atom. The van der Waals surface area contributed by atoms with Crippen molar-refractivity contribution < 1.29 is 5.11 Å². The number of phenolic OH excluding ortho intramolecular Hbond substituents is 1. The maximum atomic E-state index is 10.2. The summed E-state index contributed by atoms with van der Waals surface area (Å²) >= 11 is 0. The molecule has 35 heavy (non-hydrogen) atoms. The number of aromatic hydroxyl groups is 1. The van der Waals surface area contributed by atoms with Gasteiger partial charge in [-0.1, -0.05) is 53.9 Å². The molecular weight excluding hydrogens is 426 g/mol. The molecule has 0 amide bonds. The Kier molecular flexibility index (Phi) is 5.85. The third-order valence-electron chi connectivity index (χ3n) is 12.3. The third kappa shape index (κ3) is 3.71. The van der Waals surface area contributed by atoms with E-state index in [2.05, 4.69) is 45.7 Å². The van der Waals surface area contributed by atoms with Gasteiger partial charge in [-0.2, -0.15) is 0 Å². The van der Waals surface area contributed by atoms with Crippen LogP contribution < -0.4 is 0 Å². The van der Waals surface area contributed by atoms with Crippen LogP contribution in [0.4, 0.5) is 0 Å². The average molecular weight is 476 g/mol. The Labute approximate surface area is 213 Å². The van der Waals surface area contributed by atoms with E-state index in [1.165, 1.54) is 92.8 Å². The molecule has 6 rings (SSSR count). The molecule has 2 nitrogen and oxygen atoms in total. The Hall–Kier alpha value is -1.44. The number of hydrogen-bond donors (Lipinski definition) is 2. The predicted octanol–water partition coefficient (Wildman–Crippen LogP) is 8.91. The lowest BCUT2D eigenvalue weighted by molar-refractivity contribution is -0.103. The van der Waals surface area contributed by atoms with Crippen LogP contribution in [0.25, 0.3) is 10.9 Å². The zero-order chi connectivity index (χ0) is 24.5. The summed E-state index contributed by atoms with van der Waals surface area (Å²) in [6.07, 6.45) is 15.4. The average Bonchev–Trinajstić information content (AvgIpc) is 3.33. The molecule has 0 unspecified atom stereocenters. The van der Waals surface area contributed by atoms with E-state index in [4.69, 9.17) is 0 Å². The molecule has 1 aromatic carbocycles. The highest BCUT2D eigenvalue weighted by molar-refractivity contribution is 5.86. The first-order valence-corrected chi connectivity index (χ1v) is 15.0. The van der Waals surface area contributed by atoms with Crippen LogP contribution in [0.5, 0.6) is 5.75 Å². The van der Waals surface area contributed by atoms with Crippen molar-refractivity contribution in [3.05, 3.63) is 29.5 Å². The molecule has 3 saturated carbocycles. The Morgan fingerprint density at radius 2 is 1.77 bits per heavy atom. The molecule has 8 atom stereocenters. The van der Waals surface area contributed by atoms with Gasteiger partial charge in [0, 0.05) is 16.6 Å². The highest BCUT2D eigenvalue weighted by Crippen LogP contribution is 2.68. The number of aromatic nitrogens is 1. The van der Waals surface area contributed by atoms with Gasteiger partial charge in [0.15, 0.2) is 0 Å². The van der Waals surface area contributed by atoms with Gasteiger partial charge in [-0.15, -0.1) is 0 Å². The van der Waals surface area contributed by atoms with Gasteiger partial charge in [0.25, 0.3) is 0 Å². The quantitative estimate of drug-likeness (QED) is 0.445. The van der Waals surface area contributed by atoms with E-state index >= 15 is 0 Å². The molecule has 0 radical (unpaired) electrons. The van der Waals surface area contributed by atoms with Gasteiger partial charge in [0.1, 0.15) is 5.75 Å². The Balaban J connectivity index is 1.24. The maximum Gasteiger partial charge on any atom is 0.116 e. The van der Waals surface area contributed by atoms with E-state index in [0.717, 1.165) is 41.4 Å². The van der Waals surface area contributed by atoms with Crippen LogP contribution in [-0.4, -0.2) is 10.1 Å². The van der Waals surface area contributed by atoms with Gasteiger partial charge < -0.3 is 10.1 Å². The van der Waals surface area contributed by atoms with Crippen molar-refractivity contribution in [1.29, 1.82) is 0 Å². The largest absolute Gasteiger partial charge is 0.508 e. The molecule has 0 aliphatic heterocycles. The lowest BCUT2D eigenvalue weighted by Crippen LogP contribution is -2.54. The minimum atomic E-state index is 0.404. The molecule has 4 aliphatic rings. The number of aromatic amines is 1. The monoisotopic (exact) mass is 475 g/mol. The van der Waals surface area contributed by atoms with Crippen molar-refractivity contribution in [3.8, 4) is 5.75 Å². The molecule has 0 saturated heterocycles. The van der Waals surface area contributed by atoms with E-state index in [9.17, 15) is 5.11 Å². The number of H-pyrrole nitrogens is 1. The van der Waals surface area contributed by atoms with Crippen LogP contribution in [-0.2, 0) is 12.8 Å². The zero-order valence-electron chi connectivity index (χ0n) is 23.0. The number of nitrogens with one attached hydrogen (secondary N) is 1. The van der Waals surface area contributed by atoms with Crippen molar-refractivity contribution in [3.63, 3.8) is 0 Å². The Morgan fingerprint density at radius 1 is 0.971 bits per heavy atom. The summed E-state index contributed by atoms with van der Waals surface area (Å²) < 4.78 is 0. The molecule has 2 N–H and O–H groups in total. The fourth-order valence-corrected chi connectivity index (χ4v) is 10.5. The number of phenols is 1. The molecule has 0 spiro atoms. The van der Waals surface area contributed by atoms with Crippen LogP contribution in [0.2, 0.25) is 0 Å². The predicted molar refractivity (Wildman–Crippen MR) is 147 cm³/mol. The summed E-state index contributed by atoms with van der Waals surface area (Å²) in [4.78, 5) is 3.74. The summed E-state index contributed by atoms with van der Waals surface area (Å²) in [6.45, 7) is 12.7. The van der Waals surface area contributed by atoms with E-state index < -0.39 is 0 Å². The molecule has 4 aliphatic carbocycles. The lowest BCUT2D eigenvalue weighted by Gasteiger charge is -2.60. The van der Waals surface area contributed by atoms with E-state index in [0.29, 0.717) is 16.6 Å². The number of benzene rings is 1. The number of fused-ring (bicyclic) bond motifs is 8. The SMILES string of the molecule is CC(C)CCC[C@H](C)[C@@H]1CC[C@@H]2[C@@H]3CC[C@@H]4Cc5[nH]c6ccc(O)cc6c5C[C@]4(C)[C@H]3CC[C@]21C. The molecular formula is C33H49NO. The van der Waals surface area contributed by atoms with Crippen molar-refractivity contribution >= 4 is 10.9 Å².